The molecule has 2 aliphatic heterocycles. The number of aromatic nitrogens is 1. The Labute approximate surface area is 132 Å². The average molecular weight is 311 g/mol. The number of nitrogens with zero attached hydrogens (tertiary/aromatic N) is 1. The number of rotatable bonds is 1. The van der Waals surface area contributed by atoms with Gasteiger partial charge < -0.3 is 5.32 Å². The van der Waals surface area contributed by atoms with Crippen LogP contribution in [0.2, 0.25) is 0 Å². The summed E-state index contributed by atoms with van der Waals surface area (Å²) in [5, 5.41) is 7.13. The molecule has 0 spiro atoms. The zero-order chi connectivity index (χ0) is 16.1. The number of hydrogen-bond donors (Lipinski definition) is 2. The van der Waals surface area contributed by atoms with E-state index >= 15 is 0 Å². The van der Waals surface area contributed by atoms with Gasteiger partial charge in [-0.1, -0.05) is 0 Å². The predicted molar refractivity (Wildman–Crippen MR) is 84.9 cm³/mol. The second kappa shape index (κ2) is 5.03. The Balaban J connectivity index is 1.90. The largest absolute Gasteiger partial charge is 0.309 e. The van der Waals surface area contributed by atoms with Crippen molar-refractivity contribution in [3.63, 3.8) is 0 Å². The lowest BCUT2D eigenvalue weighted by molar-refractivity contribution is -0.135. The van der Waals surface area contributed by atoms with E-state index < -0.39 is 11.9 Å². The molecule has 6 heteroatoms. The van der Waals surface area contributed by atoms with Crippen molar-refractivity contribution in [2.24, 2.45) is 0 Å². The number of aryl methyl sites for hydroxylation is 1. The number of amides is 2. The molecule has 1 aromatic heterocycles. The minimum absolute atomic E-state index is 0.163. The van der Waals surface area contributed by atoms with Crippen molar-refractivity contribution in [1.29, 1.82) is 0 Å². The number of hydrogen-bond acceptors (Lipinski definition) is 4. The summed E-state index contributed by atoms with van der Waals surface area (Å²) in [6.07, 6.45) is 0.623. The van der Waals surface area contributed by atoms with E-state index in [1.807, 2.05) is 25.1 Å². The van der Waals surface area contributed by atoms with Crippen LogP contribution < -0.4 is 16.2 Å². The summed E-state index contributed by atoms with van der Waals surface area (Å²) < 4.78 is 1.53. The molecule has 0 saturated carbocycles. The fourth-order valence-electron chi connectivity index (χ4n) is 3.57. The van der Waals surface area contributed by atoms with Crippen LogP contribution in [0.15, 0.2) is 23.0 Å². The molecule has 2 N–H and O–H groups in total. The van der Waals surface area contributed by atoms with Crippen LogP contribution in [-0.4, -0.2) is 16.4 Å². The van der Waals surface area contributed by atoms with Crippen LogP contribution in [0.4, 0.5) is 0 Å². The van der Waals surface area contributed by atoms with E-state index in [1.165, 1.54) is 10.1 Å². The first kappa shape index (κ1) is 14.1. The molecular weight excluding hydrogens is 294 g/mol. The highest BCUT2D eigenvalue weighted by Crippen LogP contribution is 2.25. The molecule has 6 nitrogen and oxygen atoms in total. The molecule has 1 saturated heterocycles. The Morgan fingerprint density at radius 2 is 1.83 bits per heavy atom. The van der Waals surface area contributed by atoms with Gasteiger partial charge in [0.05, 0.1) is 0 Å². The normalized spacial score (nSPS) is 20.7. The van der Waals surface area contributed by atoms with Crippen molar-refractivity contribution >= 4 is 22.6 Å². The van der Waals surface area contributed by atoms with Gasteiger partial charge in [-0.15, -0.1) is 0 Å². The maximum atomic E-state index is 13.0. The van der Waals surface area contributed by atoms with Gasteiger partial charge in [-0.05, 0) is 48.1 Å². The summed E-state index contributed by atoms with van der Waals surface area (Å²) in [6.45, 7) is 3.41. The number of pyridine rings is 1. The number of imide groups is 1. The van der Waals surface area contributed by atoms with Crippen molar-refractivity contribution in [3.05, 3.63) is 45.4 Å². The van der Waals surface area contributed by atoms with Gasteiger partial charge in [-0.25, -0.2) is 0 Å². The number of nitrogens with one attached hydrogen (secondary N) is 2. The van der Waals surface area contributed by atoms with Crippen molar-refractivity contribution in [2.75, 3.05) is 0 Å². The summed E-state index contributed by atoms with van der Waals surface area (Å²) in [4.78, 5) is 36.4. The summed E-state index contributed by atoms with van der Waals surface area (Å²) in [7, 11) is 0. The van der Waals surface area contributed by atoms with Gasteiger partial charge in [0.25, 0.3) is 5.56 Å². The molecule has 2 aromatic rings. The van der Waals surface area contributed by atoms with Crippen LogP contribution in [0.3, 0.4) is 0 Å². The topological polar surface area (TPSA) is 80.2 Å². The molecule has 1 fully saturated rings. The van der Waals surface area contributed by atoms with Crippen molar-refractivity contribution in [2.45, 2.75) is 38.9 Å². The van der Waals surface area contributed by atoms with Gasteiger partial charge in [0.15, 0.2) is 0 Å². The van der Waals surface area contributed by atoms with Crippen molar-refractivity contribution in [1.82, 2.24) is 15.2 Å². The molecular formula is C17H17N3O3. The fraction of sp³-hybridized carbons (Fsp3) is 0.353. The second-order valence-electron chi connectivity index (χ2n) is 6.24. The van der Waals surface area contributed by atoms with E-state index in [9.17, 15) is 14.4 Å². The van der Waals surface area contributed by atoms with Gasteiger partial charge in [0, 0.05) is 30.6 Å². The monoisotopic (exact) mass is 311 g/mol. The number of fused-ring (bicyclic) bond motifs is 2. The van der Waals surface area contributed by atoms with E-state index in [2.05, 4.69) is 10.6 Å². The number of benzene rings is 1. The summed E-state index contributed by atoms with van der Waals surface area (Å²) >= 11 is 0. The van der Waals surface area contributed by atoms with Crippen LogP contribution >= 0.6 is 0 Å². The number of carbonyl (C=O) groups excluding carboxylic acids is 2. The Bertz CT molecular complexity index is 913. The SMILES string of the molecule is Cc1cc2cc3c(cc2c(=O)n1C1CCC(=O)NC1=O)CNC3. The third-order valence-electron chi connectivity index (χ3n) is 4.72. The van der Waals surface area contributed by atoms with Crippen LogP contribution in [0.25, 0.3) is 10.8 Å². The average Bonchev–Trinajstić information content (AvgIpc) is 2.95. The van der Waals surface area contributed by atoms with Gasteiger partial charge in [0.1, 0.15) is 6.04 Å². The highest BCUT2D eigenvalue weighted by molar-refractivity contribution is 5.99. The molecule has 1 atom stereocenters. The van der Waals surface area contributed by atoms with E-state index in [0.29, 0.717) is 11.8 Å². The number of carbonyl (C=O) groups is 2. The highest BCUT2D eigenvalue weighted by Gasteiger charge is 2.30. The van der Waals surface area contributed by atoms with Crippen LogP contribution in [0.1, 0.15) is 35.7 Å². The zero-order valence-corrected chi connectivity index (χ0v) is 12.8. The van der Waals surface area contributed by atoms with E-state index in [-0.39, 0.29) is 17.9 Å². The maximum absolute atomic E-state index is 13.0. The zero-order valence-electron chi connectivity index (χ0n) is 12.8. The van der Waals surface area contributed by atoms with E-state index in [0.717, 1.165) is 29.7 Å². The van der Waals surface area contributed by atoms with E-state index in [4.69, 9.17) is 0 Å². The van der Waals surface area contributed by atoms with Crippen LogP contribution in [-0.2, 0) is 22.7 Å². The van der Waals surface area contributed by atoms with Crippen LogP contribution in [0.5, 0.6) is 0 Å². The minimum Gasteiger partial charge on any atom is -0.309 e. The van der Waals surface area contributed by atoms with E-state index in [1.54, 1.807) is 0 Å². The number of piperidine rings is 1. The van der Waals surface area contributed by atoms with Gasteiger partial charge in [-0.2, -0.15) is 0 Å². The Morgan fingerprint density at radius 1 is 1.09 bits per heavy atom. The van der Waals surface area contributed by atoms with Crippen molar-refractivity contribution in [3.8, 4) is 0 Å². The minimum atomic E-state index is -0.615. The molecule has 118 valence electrons. The summed E-state index contributed by atoms with van der Waals surface area (Å²) in [5.74, 6) is -0.671. The molecule has 1 aromatic carbocycles. The molecule has 2 amide bonds. The predicted octanol–water partition coefficient (Wildman–Crippen LogP) is 0.891. The Hall–Kier alpha value is -2.47. The lowest BCUT2D eigenvalue weighted by Gasteiger charge is -2.25. The lowest BCUT2D eigenvalue weighted by atomic mass is 10.0. The quantitative estimate of drug-likeness (QED) is 0.767. The molecule has 1 unspecified atom stereocenters. The second-order valence-corrected chi connectivity index (χ2v) is 6.24. The smallest absolute Gasteiger partial charge is 0.259 e. The summed E-state index contributed by atoms with van der Waals surface area (Å²) in [6, 6.07) is 5.30. The molecule has 23 heavy (non-hydrogen) atoms. The third kappa shape index (κ3) is 2.17. The Morgan fingerprint density at radius 3 is 2.57 bits per heavy atom. The Kier molecular flexibility index (Phi) is 3.09. The first-order valence-electron chi connectivity index (χ1n) is 7.76. The lowest BCUT2D eigenvalue weighted by Crippen LogP contribution is -2.45. The standard InChI is InChI=1S/C17H17N3O3/c1-9-4-10-5-11-7-18-8-12(11)6-13(10)17(23)20(9)14-2-3-15(21)19-16(14)22/h4-6,14,18H,2-3,7-8H2,1H3,(H,19,21,22). The maximum Gasteiger partial charge on any atom is 0.259 e. The first-order chi connectivity index (χ1) is 11.0. The molecule has 4 rings (SSSR count). The van der Waals surface area contributed by atoms with Crippen LogP contribution in [0, 0.1) is 6.92 Å². The highest BCUT2D eigenvalue weighted by atomic mass is 16.2. The molecule has 3 heterocycles. The molecule has 0 bridgehead atoms. The summed E-state index contributed by atoms with van der Waals surface area (Å²) in [5.41, 5.74) is 2.93. The van der Waals surface area contributed by atoms with Crippen molar-refractivity contribution < 1.29 is 9.59 Å². The molecule has 0 radical (unpaired) electrons. The first-order valence-corrected chi connectivity index (χ1v) is 7.76. The molecule has 2 aliphatic rings. The fourth-order valence-corrected chi connectivity index (χ4v) is 3.57. The molecule has 0 aliphatic carbocycles. The third-order valence-corrected chi connectivity index (χ3v) is 4.72. The van der Waals surface area contributed by atoms with Gasteiger partial charge in [-0.3, -0.25) is 24.3 Å². The van der Waals surface area contributed by atoms with Gasteiger partial charge in [0.2, 0.25) is 11.8 Å². The van der Waals surface area contributed by atoms with Gasteiger partial charge >= 0.3 is 0 Å².